The van der Waals surface area contributed by atoms with Crippen molar-refractivity contribution in [2.24, 2.45) is 5.41 Å². The quantitative estimate of drug-likeness (QED) is 0.791. The van der Waals surface area contributed by atoms with Crippen LogP contribution in [-0.2, 0) is 6.42 Å². The zero-order chi connectivity index (χ0) is 10.6. The van der Waals surface area contributed by atoms with Gasteiger partial charge in [0.1, 0.15) is 0 Å². The molecule has 1 N–H and O–H groups in total. The molecular weight excluding hydrogens is 174 g/mol. The number of hydrogen-bond acceptors (Lipinski definition) is 2. The molecule has 14 heavy (non-hydrogen) atoms. The normalized spacial score (nSPS) is 14.4. The molecule has 0 aliphatic carbocycles. The predicted molar refractivity (Wildman–Crippen MR) is 55.7 cm³/mol. The van der Waals surface area contributed by atoms with E-state index in [0.29, 0.717) is 6.42 Å². The Bertz CT molecular complexity index is 336. The Morgan fingerprint density at radius 2 is 1.93 bits per heavy atom. The van der Waals surface area contributed by atoms with Gasteiger partial charge in [0.05, 0.1) is 18.1 Å². The van der Waals surface area contributed by atoms with Crippen molar-refractivity contribution < 1.29 is 5.11 Å². The molecule has 1 aromatic rings. The topological polar surface area (TPSA) is 44.0 Å². The van der Waals surface area contributed by atoms with E-state index in [1.54, 1.807) is 6.92 Å². The van der Waals surface area contributed by atoms with Gasteiger partial charge in [0.15, 0.2) is 0 Å². The number of nitrogens with zero attached hydrogens (tertiary/aromatic N) is 1. The Balaban J connectivity index is 2.79. The first kappa shape index (κ1) is 10.7. The third-order valence-electron chi connectivity index (χ3n) is 2.33. The molecule has 0 aliphatic rings. The van der Waals surface area contributed by atoms with Crippen molar-refractivity contribution >= 4 is 0 Å². The molecule has 1 rings (SSSR count). The van der Waals surface area contributed by atoms with Gasteiger partial charge >= 0.3 is 0 Å². The first-order valence-electron chi connectivity index (χ1n) is 4.67. The lowest BCUT2D eigenvalue weighted by atomic mass is 9.86. The molecule has 74 valence electrons. The second kappa shape index (κ2) is 4.26. The molecule has 2 heteroatoms. The van der Waals surface area contributed by atoms with Gasteiger partial charge in [-0.2, -0.15) is 5.26 Å². The van der Waals surface area contributed by atoms with Crippen molar-refractivity contribution in [2.75, 3.05) is 6.61 Å². The van der Waals surface area contributed by atoms with E-state index in [1.807, 2.05) is 31.2 Å². The van der Waals surface area contributed by atoms with Gasteiger partial charge in [-0.15, -0.1) is 0 Å². The Kier molecular flexibility index (Phi) is 3.27. The van der Waals surface area contributed by atoms with Crippen molar-refractivity contribution in [3.05, 3.63) is 35.4 Å². The molecule has 2 nitrogen and oxygen atoms in total. The molecule has 0 saturated carbocycles. The summed E-state index contributed by atoms with van der Waals surface area (Å²) in [7, 11) is 0. The summed E-state index contributed by atoms with van der Waals surface area (Å²) in [6.07, 6.45) is 0.597. The van der Waals surface area contributed by atoms with Crippen LogP contribution in [0.25, 0.3) is 0 Å². The van der Waals surface area contributed by atoms with E-state index in [1.165, 1.54) is 5.56 Å². The first-order chi connectivity index (χ1) is 6.59. The van der Waals surface area contributed by atoms with Gasteiger partial charge in [0.2, 0.25) is 0 Å². The number of aryl methyl sites for hydroxylation is 1. The third-order valence-corrected chi connectivity index (χ3v) is 2.33. The van der Waals surface area contributed by atoms with Gasteiger partial charge in [0, 0.05) is 0 Å². The van der Waals surface area contributed by atoms with Gasteiger partial charge in [-0.3, -0.25) is 0 Å². The van der Waals surface area contributed by atoms with E-state index in [-0.39, 0.29) is 6.61 Å². The smallest absolute Gasteiger partial charge is 0.0816 e. The Hall–Kier alpha value is -1.33. The summed E-state index contributed by atoms with van der Waals surface area (Å²) < 4.78 is 0. The van der Waals surface area contributed by atoms with Crippen molar-refractivity contribution in [3.8, 4) is 6.07 Å². The third kappa shape index (κ3) is 2.58. The summed E-state index contributed by atoms with van der Waals surface area (Å²) >= 11 is 0. The lowest BCUT2D eigenvalue weighted by Crippen LogP contribution is -2.21. The molecule has 0 amide bonds. The molecule has 0 saturated heterocycles. The van der Waals surface area contributed by atoms with Crippen molar-refractivity contribution in [3.63, 3.8) is 0 Å². The minimum Gasteiger partial charge on any atom is -0.395 e. The van der Waals surface area contributed by atoms with Crippen LogP contribution in [0.5, 0.6) is 0 Å². The number of hydrogen-bond donors (Lipinski definition) is 1. The molecule has 0 aromatic heterocycles. The van der Waals surface area contributed by atoms with Crippen LogP contribution in [0.4, 0.5) is 0 Å². The molecule has 0 radical (unpaired) electrons. The largest absolute Gasteiger partial charge is 0.395 e. The fraction of sp³-hybridized carbons (Fsp3) is 0.417. The Morgan fingerprint density at radius 1 is 1.36 bits per heavy atom. The standard InChI is InChI=1S/C12H15NO/c1-10-3-5-11(6-4-10)7-12(2,8-13)9-14/h3-6,14H,7,9H2,1-2H3. The molecule has 1 atom stereocenters. The van der Waals surface area contributed by atoms with Gasteiger partial charge in [-0.25, -0.2) is 0 Å². The van der Waals surface area contributed by atoms with Crippen LogP contribution in [0.2, 0.25) is 0 Å². The Morgan fingerprint density at radius 3 is 2.36 bits per heavy atom. The summed E-state index contributed by atoms with van der Waals surface area (Å²) in [6.45, 7) is 3.70. The summed E-state index contributed by atoms with van der Waals surface area (Å²) in [5, 5.41) is 18.0. The molecule has 0 bridgehead atoms. The number of benzene rings is 1. The highest BCUT2D eigenvalue weighted by Gasteiger charge is 2.22. The second-order valence-electron chi connectivity index (χ2n) is 3.99. The van der Waals surface area contributed by atoms with Crippen LogP contribution in [-0.4, -0.2) is 11.7 Å². The van der Waals surface area contributed by atoms with Crippen molar-refractivity contribution in [1.29, 1.82) is 5.26 Å². The van der Waals surface area contributed by atoms with E-state index in [9.17, 15) is 0 Å². The monoisotopic (exact) mass is 189 g/mol. The van der Waals surface area contributed by atoms with E-state index in [0.717, 1.165) is 5.56 Å². The van der Waals surface area contributed by atoms with Crippen LogP contribution in [0.3, 0.4) is 0 Å². The SMILES string of the molecule is Cc1ccc(CC(C)(C#N)CO)cc1. The molecule has 0 heterocycles. The van der Waals surface area contributed by atoms with E-state index in [2.05, 4.69) is 6.07 Å². The maximum absolute atomic E-state index is 9.08. The van der Waals surface area contributed by atoms with Gasteiger partial charge in [-0.1, -0.05) is 29.8 Å². The maximum atomic E-state index is 9.08. The van der Waals surface area contributed by atoms with Crippen molar-refractivity contribution in [2.45, 2.75) is 20.3 Å². The number of rotatable bonds is 3. The van der Waals surface area contributed by atoms with Gasteiger partial charge < -0.3 is 5.11 Å². The number of aliphatic hydroxyl groups excluding tert-OH is 1. The fourth-order valence-corrected chi connectivity index (χ4v) is 1.29. The molecule has 1 aromatic carbocycles. The molecule has 0 fully saturated rings. The lowest BCUT2D eigenvalue weighted by molar-refractivity contribution is 0.190. The lowest BCUT2D eigenvalue weighted by Gasteiger charge is -2.18. The average Bonchev–Trinajstić information content (AvgIpc) is 2.21. The maximum Gasteiger partial charge on any atom is 0.0816 e. The zero-order valence-corrected chi connectivity index (χ0v) is 8.62. The fourth-order valence-electron chi connectivity index (χ4n) is 1.29. The highest BCUT2D eigenvalue weighted by atomic mass is 16.3. The number of aliphatic hydroxyl groups is 1. The first-order valence-corrected chi connectivity index (χ1v) is 4.67. The van der Waals surface area contributed by atoms with Crippen LogP contribution >= 0.6 is 0 Å². The van der Waals surface area contributed by atoms with Crippen molar-refractivity contribution in [1.82, 2.24) is 0 Å². The number of nitriles is 1. The van der Waals surface area contributed by atoms with Gasteiger partial charge in [0.25, 0.3) is 0 Å². The average molecular weight is 189 g/mol. The van der Waals surface area contributed by atoms with E-state index in [4.69, 9.17) is 10.4 Å². The van der Waals surface area contributed by atoms with Crippen LogP contribution < -0.4 is 0 Å². The van der Waals surface area contributed by atoms with E-state index >= 15 is 0 Å². The summed E-state index contributed by atoms with van der Waals surface area (Å²) in [5.41, 5.74) is 1.64. The predicted octanol–water partition coefficient (Wildman–Crippen LogP) is 2.06. The van der Waals surface area contributed by atoms with Crippen LogP contribution in [0.1, 0.15) is 18.1 Å². The van der Waals surface area contributed by atoms with Gasteiger partial charge in [-0.05, 0) is 25.8 Å². The molecule has 0 aliphatic heterocycles. The highest BCUT2D eigenvalue weighted by Crippen LogP contribution is 2.20. The minimum atomic E-state index is -0.657. The van der Waals surface area contributed by atoms with Crippen LogP contribution in [0.15, 0.2) is 24.3 Å². The Labute approximate surface area is 84.8 Å². The van der Waals surface area contributed by atoms with E-state index < -0.39 is 5.41 Å². The molecule has 1 unspecified atom stereocenters. The summed E-state index contributed by atoms with van der Waals surface area (Å²) in [5.74, 6) is 0. The summed E-state index contributed by atoms with van der Waals surface area (Å²) in [4.78, 5) is 0. The zero-order valence-electron chi connectivity index (χ0n) is 8.62. The molecule has 0 spiro atoms. The molecular formula is C12H15NO. The minimum absolute atomic E-state index is 0.0998. The second-order valence-corrected chi connectivity index (χ2v) is 3.99. The van der Waals surface area contributed by atoms with Crippen LogP contribution in [0, 0.1) is 23.7 Å². The highest BCUT2D eigenvalue weighted by molar-refractivity contribution is 5.23. The summed E-state index contributed by atoms with van der Waals surface area (Å²) in [6, 6.07) is 10.2.